The lowest BCUT2D eigenvalue weighted by Gasteiger charge is -2.08. The van der Waals surface area contributed by atoms with Crippen LogP contribution in [0.15, 0.2) is 24.3 Å². The zero-order valence-electron chi connectivity index (χ0n) is 9.57. The second kappa shape index (κ2) is 4.56. The van der Waals surface area contributed by atoms with E-state index in [0.717, 1.165) is 24.3 Å². The molecule has 1 aliphatic carbocycles. The summed E-state index contributed by atoms with van der Waals surface area (Å²) >= 11 is 0. The van der Waals surface area contributed by atoms with Gasteiger partial charge in [-0.15, -0.1) is 0 Å². The second-order valence-corrected chi connectivity index (χ2v) is 4.35. The van der Waals surface area contributed by atoms with Crippen LogP contribution in [0.25, 0.3) is 0 Å². The van der Waals surface area contributed by atoms with Crippen LogP contribution in [0.5, 0.6) is 0 Å². The fraction of sp³-hybridized carbons (Fsp3) is 0.333. The Kier molecular flexibility index (Phi) is 3.21. The van der Waals surface area contributed by atoms with E-state index >= 15 is 0 Å². The van der Waals surface area contributed by atoms with Crippen molar-refractivity contribution in [2.24, 2.45) is 11.8 Å². The molecule has 2 N–H and O–H groups in total. The third-order valence-electron chi connectivity index (χ3n) is 2.92. The van der Waals surface area contributed by atoms with Gasteiger partial charge in [-0.1, -0.05) is 0 Å². The molecule has 0 bridgehead atoms. The first-order valence-corrected chi connectivity index (χ1v) is 5.50. The number of nitrogens with one attached hydrogen (secondary N) is 1. The van der Waals surface area contributed by atoms with Crippen molar-refractivity contribution in [3.05, 3.63) is 29.8 Å². The molecule has 102 valence electrons. The van der Waals surface area contributed by atoms with Gasteiger partial charge in [0.1, 0.15) is 0 Å². The van der Waals surface area contributed by atoms with Gasteiger partial charge in [-0.05, 0) is 30.7 Å². The number of anilines is 1. The molecule has 4 nitrogen and oxygen atoms in total. The summed E-state index contributed by atoms with van der Waals surface area (Å²) in [5.41, 5.74) is -0.589. The zero-order valence-corrected chi connectivity index (χ0v) is 9.57. The topological polar surface area (TPSA) is 66.4 Å². The van der Waals surface area contributed by atoms with Gasteiger partial charge in [-0.25, -0.2) is 0 Å². The number of aliphatic carboxylic acids is 1. The van der Waals surface area contributed by atoms with Crippen LogP contribution in [0, 0.1) is 11.8 Å². The Hall–Kier alpha value is -2.05. The van der Waals surface area contributed by atoms with Crippen LogP contribution in [0.3, 0.4) is 0 Å². The number of hydrogen-bond acceptors (Lipinski definition) is 2. The molecule has 2 unspecified atom stereocenters. The van der Waals surface area contributed by atoms with E-state index < -0.39 is 35.5 Å². The molecule has 1 saturated carbocycles. The molecule has 0 radical (unpaired) electrons. The quantitative estimate of drug-likeness (QED) is 0.888. The SMILES string of the molecule is O=C(O)C1CC1C(=O)Nc1ccc(C(F)(F)F)cc1. The van der Waals surface area contributed by atoms with Gasteiger partial charge in [0.2, 0.25) is 5.91 Å². The first kappa shape index (κ1) is 13.4. The highest BCUT2D eigenvalue weighted by Gasteiger charge is 2.48. The lowest BCUT2D eigenvalue weighted by molar-refractivity contribution is -0.140. The molecular formula is C12H10F3NO3. The van der Waals surface area contributed by atoms with Crippen LogP contribution >= 0.6 is 0 Å². The van der Waals surface area contributed by atoms with Gasteiger partial charge >= 0.3 is 12.1 Å². The van der Waals surface area contributed by atoms with Crippen LogP contribution in [0.1, 0.15) is 12.0 Å². The molecule has 1 fully saturated rings. The van der Waals surface area contributed by atoms with E-state index in [4.69, 9.17) is 5.11 Å². The number of carboxylic acid groups (broad SMARTS) is 1. The van der Waals surface area contributed by atoms with E-state index in [2.05, 4.69) is 5.32 Å². The third kappa shape index (κ3) is 3.04. The van der Waals surface area contributed by atoms with Crippen LogP contribution in [-0.2, 0) is 15.8 Å². The lowest BCUT2D eigenvalue weighted by Crippen LogP contribution is -2.17. The molecule has 0 heterocycles. The summed E-state index contributed by atoms with van der Waals surface area (Å²) in [4.78, 5) is 22.2. The first-order chi connectivity index (χ1) is 8.79. The van der Waals surface area contributed by atoms with Crippen LogP contribution in [-0.4, -0.2) is 17.0 Å². The molecule has 1 aromatic rings. The van der Waals surface area contributed by atoms with Crippen molar-refractivity contribution in [3.8, 4) is 0 Å². The van der Waals surface area contributed by atoms with Crippen molar-refractivity contribution in [2.45, 2.75) is 12.6 Å². The molecule has 1 aromatic carbocycles. The van der Waals surface area contributed by atoms with Crippen molar-refractivity contribution in [1.82, 2.24) is 0 Å². The Labute approximate surface area is 106 Å². The Morgan fingerprint density at radius 2 is 1.74 bits per heavy atom. The number of carbonyl (C=O) groups is 2. The van der Waals surface area contributed by atoms with Crippen LogP contribution in [0.4, 0.5) is 18.9 Å². The van der Waals surface area contributed by atoms with Gasteiger partial charge in [0.15, 0.2) is 0 Å². The molecular weight excluding hydrogens is 263 g/mol. The molecule has 0 aromatic heterocycles. The van der Waals surface area contributed by atoms with E-state index in [9.17, 15) is 22.8 Å². The van der Waals surface area contributed by atoms with Crippen molar-refractivity contribution in [3.63, 3.8) is 0 Å². The van der Waals surface area contributed by atoms with Gasteiger partial charge in [0, 0.05) is 5.69 Å². The smallest absolute Gasteiger partial charge is 0.416 e. The predicted octanol–water partition coefficient (Wildman–Crippen LogP) is 2.36. The molecule has 1 amide bonds. The Balaban J connectivity index is 1.97. The fourth-order valence-electron chi connectivity index (χ4n) is 1.74. The molecule has 0 spiro atoms. The lowest BCUT2D eigenvalue weighted by atomic mass is 10.2. The molecule has 19 heavy (non-hydrogen) atoms. The average molecular weight is 273 g/mol. The van der Waals surface area contributed by atoms with E-state index in [1.807, 2.05) is 0 Å². The minimum atomic E-state index is -4.42. The van der Waals surface area contributed by atoms with Crippen LogP contribution in [0.2, 0.25) is 0 Å². The number of carboxylic acids is 1. The van der Waals surface area contributed by atoms with Gasteiger partial charge in [0.25, 0.3) is 0 Å². The monoisotopic (exact) mass is 273 g/mol. The Morgan fingerprint density at radius 3 is 2.16 bits per heavy atom. The minimum Gasteiger partial charge on any atom is -0.481 e. The van der Waals surface area contributed by atoms with Gasteiger partial charge in [-0.2, -0.15) is 13.2 Å². The Morgan fingerprint density at radius 1 is 1.16 bits per heavy atom. The molecule has 2 rings (SSSR count). The summed E-state index contributed by atoms with van der Waals surface area (Å²) in [6, 6.07) is 3.99. The zero-order chi connectivity index (χ0) is 14.2. The normalized spacial score (nSPS) is 21.8. The van der Waals surface area contributed by atoms with Gasteiger partial charge in [-0.3, -0.25) is 9.59 Å². The van der Waals surface area contributed by atoms with E-state index in [1.54, 1.807) is 0 Å². The van der Waals surface area contributed by atoms with Crippen molar-refractivity contribution in [2.75, 3.05) is 5.32 Å². The number of benzene rings is 1. The van der Waals surface area contributed by atoms with E-state index in [0.29, 0.717) is 0 Å². The van der Waals surface area contributed by atoms with Crippen LogP contribution < -0.4 is 5.32 Å². The van der Waals surface area contributed by atoms with Crippen molar-refractivity contribution < 1.29 is 27.9 Å². The first-order valence-electron chi connectivity index (χ1n) is 5.50. The molecule has 1 aliphatic rings. The number of halogens is 3. The van der Waals surface area contributed by atoms with Gasteiger partial charge in [0.05, 0.1) is 17.4 Å². The number of hydrogen-bond donors (Lipinski definition) is 2. The standard InChI is InChI=1S/C12H10F3NO3/c13-12(14,15)6-1-3-7(4-2-6)16-10(17)8-5-9(8)11(18)19/h1-4,8-9H,5H2,(H,16,17)(H,18,19). The maximum Gasteiger partial charge on any atom is 0.416 e. The summed E-state index contributed by atoms with van der Waals surface area (Å²) in [7, 11) is 0. The molecule has 0 saturated heterocycles. The molecule has 7 heteroatoms. The summed E-state index contributed by atoms with van der Waals surface area (Å²) in [5, 5.41) is 11.1. The fourth-order valence-corrected chi connectivity index (χ4v) is 1.74. The molecule has 2 atom stereocenters. The number of carbonyl (C=O) groups excluding carboxylic acids is 1. The second-order valence-electron chi connectivity index (χ2n) is 4.35. The molecule has 0 aliphatic heterocycles. The largest absolute Gasteiger partial charge is 0.481 e. The summed E-state index contributed by atoms with van der Waals surface area (Å²) in [6.45, 7) is 0. The van der Waals surface area contributed by atoms with Crippen molar-refractivity contribution >= 4 is 17.6 Å². The highest BCUT2D eigenvalue weighted by Crippen LogP contribution is 2.39. The summed E-state index contributed by atoms with van der Waals surface area (Å²) in [6.07, 6.45) is -4.16. The van der Waals surface area contributed by atoms with Crippen molar-refractivity contribution in [1.29, 1.82) is 0 Å². The Bertz CT molecular complexity index is 510. The highest BCUT2D eigenvalue weighted by molar-refractivity contribution is 5.98. The maximum absolute atomic E-state index is 12.3. The summed E-state index contributed by atoms with van der Waals surface area (Å²) < 4.78 is 36.9. The average Bonchev–Trinajstić information content (AvgIpc) is 3.08. The number of rotatable bonds is 3. The maximum atomic E-state index is 12.3. The van der Waals surface area contributed by atoms with E-state index in [1.165, 1.54) is 0 Å². The van der Waals surface area contributed by atoms with E-state index in [-0.39, 0.29) is 12.1 Å². The number of alkyl halides is 3. The van der Waals surface area contributed by atoms with Gasteiger partial charge < -0.3 is 10.4 Å². The summed E-state index contributed by atoms with van der Waals surface area (Å²) in [5.74, 6) is -2.80. The third-order valence-corrected chi connectivity index (χ3v) is 2.92. The number of amides is 1. The minimum absolute atomic E-state index is 0.217. The predicted molar refractivity (Wildman–Crippen MR) is 59.3 cm³/mol. The highest BCUT2D eigenvalue weighted by atomic mass is 19.4.